The Morgan fingerprint density at radius 2 is 2.00 bits per heavy atom. The van der Waals surface area contributed by atoms with Gasteiger partial charge >= 0.3 is 12.0 Å². The van der Waals surface area contributed by atoms with Crippen LogP contribution in [0.15, 0.2) is 0 Å². The summed E-state index contributed by atoms with van der Waals surface area (Å²) in [5, 5.41) is 11.4. The van der Waals surface area contributed by atoms with Gasteiger partial charge in [-0.25, -0.2) is 9.59 Å². The molecule has 2 aliphatic rings. The molecule has 0 unspecified atom stereocenters. The summed E-state index contributed by atoms with van der Waals surface area (Å²) >= 11 is 0. The number of hydrogen-bond donors (Lipinski definition) is 2. The van der Waals surface area contributed by atoms with E-state index in [0.29, 0.717) is 32.3 Å². The molecule has 2 rings (SSSR count). The third-order valence-electron chi connectivity index (χ3n) is 3.92. The molecule has 0 aromatic rings. The summed E-state index contributed by atoms with van der Waals surface area (Å²) in [6.07, 6.45) is 5.08. The molecule has 0 atom stereocenters. The van der Waals surface area contributed by atoms with Gasteiger partial charge in [0.15, 0.2) is 0 Å². The second kappa shape index (κ2) is 7.09. The van der Waals surface area contributed by atoms with E-state index < -0.39 is 11.6 Å². The molecule has 0 bridgehead atoms. The van der Waals surface area contributed by atoms with Crippen LogP contribution in [-0.2, 0) is 14.3 Å². The molecular formula is C14H24N2O5. The summed E-state index contributed by atoms with van der Waals surface area (Å²) in [5.41, 5.74) is -0.546. The number of carboxylic acids is 1. The van der Waals surface area contributed by atoms with E-state index in [1.165, 1.54) is 12.8 Å². The van der Waals surface area contributed by atoms with E-state index in [1.807, 2.05) is 6.92 Å². The summed E-state index contributed by atoms with van der Waals surface area (Å²) in [7, 11) is 0. The van der Waals surface area contributed by atoms with Gasteiger partial charge in [-0.15, -0.1) is 0 Å². The number of nitrogens with one attached hydrogen (secondary N) is 1. The van der Waals surface area contributed by atoms with Crippen molar-refractivity contribution in [3.63, 3.8) is 0 Å². The summed E-state index contributed by atoms with van der Waals surface area (Å²) in [6.45, 7) is 3.34. The van der Waals surface area contributed by atoms with Crippen molar-refractivity contribution in [3.8, 4) is 0 Å². The highest BCUT2D eigenvalue weighted by molar-refractivity contribution is 5.75. The van der Waals surface area contributed by atoms with Gasteiger partial charge in [0.1, 0.15) is 12.2 Å². The fourth-order valence-electron chi connectivity index (χ4n) is 2.78. The standard InChI is InChI=1S/C14H24N2O5/c1-14(21-8-12(17)18)9-16(10-14)13(19)15-6-7-20-11-4-2-3-5-11/h11H,2-10H2,1H3,(H,15,19)(H,17,18). The van der Waals surface area contributed by atoms with Gasteiger partial charge in [-0.05, 0) is 19.8 Å². The lowest BCUT2D eigenvalue weighted by Gasteiger charge is -2.46. The van der Waals surface area contributed by atoms with Crippen molar-refractivity contribution in [2.24, 2.45) is 0 Å². The molecule has 1 heterocycles. The molecule has 0 aromatic heterocycles. The Bertz CT molecular complexity index is 376. The summed E-state index contributed by atoms with van der Waals surface area (Å²) in [4.78, 5) is 23.9. The van der Waals surface area contributed by atoms with Crippen LogP contribution in [0.2, 0.25) is 0 Å². The topological polar surface area (TPSA) is 88.1 Å². The third-order valence-corrected chi connectivity index (χ3v) is 3.92. The van der Waals surface area contributed by atoms with Crippen molar-refractivity contribution in [2.45, 2.75) is 44.3 Å². The second-order valence-corrected chi connectivity index (χ2v) is 6.00. The van der Waals surface area contributed by atoms with Crippen molar-refractivity contribution < 1.29 is 24.2 Å². The third kappa shape index (κ3) is 4.86. The maximum atomic E-state index is 11.8. The molecular weight excluding hydrogens is 276 g/mol. The summed E-state index contributed by atoms with van der Waals surface area (Å²) in [5.74, 6) is -0.997. The highest BCUT2D eigenvalue weighted by Crippen LogP contribution is 2.24. The largest absolute Gasteiger partial charge is 0.480 e. The lowest BCUT2D eigenvalue weighted by Crippen LogP contribution is -2.65. The van der Waals surface area contributed by atoms with Crippen LogP contribution in [0.5, 0.6) is 0 Å². The summed E-state index contributed by atoms with van der Waals surface area (Å²) in [6, 6.07) is -0.151. The SMILES string of the molecule is CC1(OCC(=O)O)CN(C(=O)NCCOC2CCCC2)C1. The zero-order chi connectivity index (χ0) is 15.3. The number of amides is 2. The Morgan fingerprint density at radius 1 is 1.33 bits per heavy atom. The van der Waals surface area contributed by atoms with Gasteiger partial charge in [0, 0.05) is 6.54 Å². The quantitative estimate of drug-likeness (QED) is 0.680. The highest BCUT2D eigenvalue weighted by atomic mass is 16.5. The summed E-state index contributed by atoms with van der Waals surface area (Å²) < 4.78 is 10.9. The van der Waals surface area contributed by atoms with E-state index in [9.17, 15) is 9.59 Å². The van der Waals surface area contributed by atoms with E-state index >= 15 is 0 Å². The first-order chi connectivity index (χ1) is 9.98. The van der Waals surface area contributed by atoms with Crippen LogP contribution in [0, 0.1) is 0 Å². The van der Waals surface area contributed by atoms with Crippen LogP contribution < -0.4 is 5.32 Å². The smallest absolute Gasteiger partial charge is 0.329 e. The van der Waals surface area contributed by atoms with Crippen LogP contribution in [0.4, 0.5) is 4.79 Å². The number of carbonyl (C=O) groups is 2. The molecule has 2 N–H and O–H groups in total. The highest BCUT2D eigenvalue weighted by Gasteiger charge is 2.42. The molecule has 21 heavy (non-hydrogen) atoms. The molecule has 0 radical (unpaired) electrons. The molecule has 1 saturated carbocycles. The fourth-order valence-corrected chi connectivity index (χ4v) is 2.78. The first kappa shape index (κ1) is 16.0. The first-order valence-electron chi connectivity index (χ1n) is 7.49. The molecule has 0 spiro atoms. The number of carbonyl (C=O) groups excluding carboxylic acids is 1. The Morgan fingerprint density at radius 3 is 2.62 bits per heavy atom. The number of aliphatic carboxylic acids is 1. The van der Waals surface area contributed by atoms with Gasteiger partial charge in [-0.3, -0.25) is 0 Å². The van der Waals surface area contributed by atoms with Gasteiger partial charge in [-0.1, -0.05) is 12.8 Å². The molecule has 1 saturated heterocycles. The Balaban J connectivity index is 1.54. The van der Waals surface area contributed by atoms with Crippen molar-refractivity contribution in [1.29, 1.82) is 0 Å². The zero-order valence-electron chi connectivity index (χ0n) is 12.5. The predicted molar refractivity (Wildman–Crippen MR) is 75.2 cm³/mol. The second-order valence-electron chi connectivity index (χ2n) is 6.00. The maximum Gasteiger partial charge on any atom is 0.329 e. The van der Waals surface area contributed by atoms with Crippen LogP contribution in [0.3, 0.4) is 0 Å². The van der Waals surface area contributed by atoms with E-state index in [4.69, 9.17) is 14.6 Å². The molecule has 1 aliphatic heterocycles. The Hall–Kier alpha value is -1.34. The predicted octanol–water partition coefficient (Wildman–Crippen LogP) is 0.831. The van der Waals surface area contributed by atoms with E-state index in [0.717, 1.165) is 12.8 Å². The maximum absolute atomic E-state index is 11.8. The number of nitrogens with zero attached hydrogens (tertiary/aromatic N) is 1. The molecule has 7 nitrogen and oxygen atoms in total. The van der Waals surface area contributed by atoms with Crippen molar-refractivity contribution >= 4 is 12.0 Å². The molecule has 2 fully saturated rings. The number of likely N-dealkylation sites (tertiary alicyclic amines) is 1. The average molecular weight is 300 g/mol. The van der Waals surface area contributed by atoms with Crippen LogP contribution in [0.1, 0.15) is 32.6 Å². The Labute approximate surface area is 124 Å². The molecule has 7 heteroatoms. The van der Waals surface area contributed by atoms with Crippen LogP contribution in [0.25, 0.3) is 0 Å². The van der Waals surface area contributed by atoms with Gasteiger partial charge in [0.25, 0.3) is 0 Å². The Kier molecular flexibility index (Phi) is 5.41. The van der Waals surface area contributed by atoms with Crippen molar-refractivity contribution in [1.82, 2.24) is 10.2 Å². The van der Waals surface area contributed by atoms with Gasteiger partial charge in [0.2, 0.25) is 0 Å². The van der Waals surface area contributed by atoms with E-state index in [1.54, 1.807) is 4.90 Å². The van der Waals surface area contributed by atoms with Gasteiger partial charge in [-0.2, -0.15) is 0 Å². The van der Waals surface area contributed by atoms with Gasteiger partial charge < -0.3 is 24.8 Å². The van der Waals surface area contributed by atoms with E-state index in [2.05, 4.69) is 5.32 Å². The number of ether oxygens (including phenoxy) is 2. The van der Waals surface area contributed by atoms with Crippen molar-refractivity contribution in [2.75, 3.05) is 32.8 Å². The van der Waals surface area contributed by atoms with Crippen LogP contribution >= 0.6 is 0 Å². The average Bonchev–Trinajstić information content (AvgIpc) is 2.91. The number of urea groups is 1. The number of rotatable bonds is 7. The van der Waals surface area contributed by atoms with E-state index in [-0.39, 0.29) is 12.6 Å². The van der Waals surface area contributed by atoms with Crippen molar-refractivity contribution in [3.05, 3.63) is 0 Å². The first-order valence-corrected chi connectivity index (χ1v) is 7.49. The molecule has 0 aromatic carbocycles. The van der Waals surface area contributed by atoms with Gasteiger partial charge in [0.05, 0.1) is 25.8 Å². The fraction of sp³-hybridized carbons (Fsp3) is 0.857. The minimum absolute atomic E-state index is 0.151. The monoisotopic (exact) mass is 300 g/mol. The zero-order valence-corrected chi connectivity index (χ0v) is 12.5. The lowest BCUT2D eigenvalue weighted by molar-refractivity contribution is -0.159. The molecule has 2 amide bonds. The number of hydrogen-bond acceptors (Lipinski definition) is 4. The molecule has 120 valence electrons. The molecule has 1 aliphatic carbocycles. The number of carboxylic acid groups (broad SMARTS) is 1. The minimum Gasteiger partial charge on any atom is -0.480 e. The lowest BCUT2D eigenvalue weighted by atomic mass is 9.97. The normalized spacial score (nSPS) is 21.1. The minimum atomic E-state index is -0.997. The van der Waals surface area contributed by atoms with Crippen LogP contribution in [-0.4, -0.2) is 66.6 Å².